The SMILES string of the molecule is Cc1cccc2c1N(C1CCN(C)CC1)CCNC2. The van der Waals surface area contributed by atoms with Crippen LogP contribution in [-0.4, -0.2) is 44.2 Å². The number of likely N-dealkylation sites (tertiary alicyclic amines) is 1. The Labute approximate surface area is 116 Å². The van der Waals surface area contributed by atoms with E-state index >= 15 is 0 Å². The van der Waals surface area contributed by atoms with Crippen molar-refractivity contribution in [3.8, 4) is 0 Å². The molecule has 3 nitrogen and oxygen atoms in total. The number of hydrogen-bond acceptors (Lipinski definition) is 3. The maximum Gasteiger partial charge on any atom is 0.0444 e. The van der Waals surface area contributed by atoms with E-state index < -0.39 is 0 Å². The number of nitrogens with zero attached hydrogens (tertiary/aromatic N) is 2. The molecular weight excluding hydrogens is 234 g/mol. The number of para-hydroxylation sites is 1. The quantitative estimate of drug-likeness (QED) is 0.832. The Hall–Kier alpha value is -1.06. The zero-order valence-corrected chi connectivity index (χ0v) is 12.2. The highest BCUT2D eigenvalue weighted by Gasteiger charge is 2.26. The summed E-state index contributed by atoms with van der Waals surface area (Å²) in [5.74, 6) is 0. The van der Waals surface area contributed by atoms with Gasteiger partial charge in [-0.3, -0.25) is 0 Å². The fourth-order valence-corrected chi connectivity index (χ4v) is 3.48. The van der Waals surface area contributed by atoms with Crippen LogP contribution in [0.5, 0.6) is 0 Å². The summed E-state index contributed by atoms with van der Waals surface area (Å²) in [6.07, 6.45) is 2.59. The lowest BCUT2D eigenvalue weighted by Crippen LogP contribution is -2.45. The van der Waals surface area contributed by atoms with Crippen molar-refractivity contribution < 1.29 is 0 Å². The van der Waals surface area contributed by atoms with Gasteiger partial charge in [-0.1, -0.05) is 18.2 Å². The van der Waals surface area contributed by atoms with Gasteiger partial charge in [-0.25, -0.2) is 0 Å². The number of anilines is 1. The molecule has 3 heteroatoms. The van der Waals surface area contributed by atoms with Crippen LogP contribution in [0.1, 0.15) is 24.0 Å². The number of rotatable bonds is 1. The van der Waals surface area contributed by atoms with Gasteiger partial charge in [0, 0.05) is 31.4 Å². The predicted octanol–water partition coefficient (Wildman–Crippen LogP) is 2.00. The monoisotopic (exact) mass is 259 g/mol. The molecule has 0 saturated carbocycles. The first kappa shape index (κ1) is 12.9. The lowest BCUT2D eigenvalue weighted by molar-refractivity contribution is 0.250. The van der Waals surface area contributed by atoms with Crippen molar-refractivity contribution in [3.05, 3.63) is 29.3 Å². The molecule has 1 saturated heterocycles. The predicted molar refractivity (Wildman–Crippen MR) is 80.8 cm³/mol. The highest BCUT2D eigenvalue weighted by Crippen LogP contribution is 2.31. The molecule has 0 unspecified atom stereocenters. The van der Waals surface area contributed by atoms with Gasteiger partial charge < -0.3 is 15.1 Å². The third-order valence-corrected chi connectivity index (χ3v) is 4.58. The molecule has 0 aliphatic carbocycles. The molecule has 1 aromatic carbocycles. The van der Waals surface area contributed by atoms with E-state index in [1.807, 2.05) is 0 Å². The molecule has 2 aliphatic heterocycles. The van der Waals surface area contributed by atoms with Crippen LogP contribution in [0.2, 0.25) is 0 Å². The highest BCUT2D eigenvalue weighted by atomic mass is 15.2. The Balaban J connectivity index is 1.89. The summed E-state index contributed by atoms with van der Waals surface area (Å²) in [7, 11) is 2.24. The smallest absolute Gasteiger partial charge is 0.0444 e. The van der Waals surface area contributed by atoms with Crippen molar-refractivity contribution in [2.75, 3.05) is 38.1 Å². The van der Waals surface area contributed by atoms with Gasteiger partial charge in [-0.15, -0.1) is 0 Å². The molecule has 0 bridgehead atoms. The minimum absolute atomic E-state index is 0.718. The summed E-state index contributed by atoms with van der Waals surface area (Å²) in [6, 6.07) is 7.44. The Bertz CT molecular complexity index is 436. The molecule has 1 N–H and O–H groups in total. The molecule has 104 valence electrons. The third-order valence-electron chi connectivity index (χ3n) is 4.58. The number of benzene rings is 1. The van der Waals surface area contributed by atoms with Crippen molar-refractivity contribution >= 4 is 5.69 Å². The minimum Gasteiger partial charge on any atom is -0.367 e. The van der Waals surface area contributed by atoms with E-state index in [0.717, 1.165) is 25.7 Å². The number of fused-ring (bicyclic) bond motifs is 1. The topological polar surface area (TPSA) is 18.5 Å². The summed E-state index contributed by atoms with van der Waals surface area (Å²) in [5.41, 5.74) is 4.40. The maximum absolute atomic E-state index is 3.56. The molecule has 0 amide bonds. The van der Waals surface area contributed by atoms with Crippen LogP contribution in [-0.2, 0) is 6.54 Å². The van der Waals surface area contributed by atoms with Crippen molar-refractivity contribution in [1.82, 2.24) is 10.2 Å². The van der Waals surface area contributed by atoms with Crippen LogP contribution in [0, 0.1) is 6.92 Å². The van der Waals surface area contributed by atoms with Crippen LogP contribution < -0.4 is 10.2 Å². The second-order valence-electron chi connectivity index (χ2n) is 5.99. The maximum atomic E-state index is 3.56. The van der Waals surface area contributed by atoms with E-state index in [2.05, 4.69) is 47.3 Å². The first-order valence-electron chi connectivity index (χ1n) is 7.50. The summed E-state index contributed by atoms with van der Waals surface area (Å²) >= 11 is 0. The van der Waals surface area contributed by atoms with Gasteiger partial charge >= 0.3 is 0 Å². The zero-order valence-electron chi connectivity index (χ0n) is 12.2. The third kappa shape index (κ3) is 2.63. The number of aryl methyl sites for hydroxylation is 1. The Morgan fingerprint density at radius 1 is 1.16 bits per heavy atom. The molecule has 1 aromatic rings. The van der Waals surface area contributed by atoms with Crippen molar-refractivity contribution in [2.24, 2.45) is 0 Å². The van der Waals surface area contributed by atoms with Gasteiger partial charge in [0.05, 0.1) is 0 Å². The van der Waals surface area contributed by atoms with Gasteiger partial charge in [0.15, 0.2) is 0 Å². The van der Waals surface area contributed by atoms with Gasteiger partial charge in [-0.05, 0) is 51.0 Å². The van der Waals surface area contributed by atoms with E-state index in [4.69, 9.17) is 0 Å². The van der Waals surface area contributed by atoms with E-state index in [1.165, 1.54) is 42.7 Å². The van der Waals surface area contributed by atoms with Gasteiger partial charge in [0.25, 0.3) is 0 Å². The highest BCUT2D eigenvalue weighted by molar-refractivity contribution is 5.60. The van der Waals surface area contributed by atoms with E-state index in [9.17, 15) is 0 Å². The number of hydrogen-bond donors (Lipinski definition) is 1. The Kier molecular flexibility index (Phi) is 3.76. The normalized spacial score (nSPS) is 22.1. The second-order valence-corrected chi connectivity index (χ2v) is 5.99. The molecule has 0 radical (unpaired) electrons. The molecule has 2 aliphatic rings. The summed E-state index contributed by atoms with van der Waals surface area (Å²) in [5, 5.41) is 3.56. The Morgan fingerprint density at radius 3 is 2.74 bits per heavy atom. The summed E-state index contributed by atoms with van der Waals surface area (Å²) in [4.78, 5) is 5.13. The number of nitrogens with one attached hydrogen (secondary N) is 1. The molecule has 0 atom stereocenters. The second kappa shape index (κ2) is 5.51. The molecule has 2 heterocycles. The van der Waals surface area contributed by atoms with E-state index in [-0.39, 0.29) is 0 Å². The van der Waals surface area contributed by atoms with Crippen molar-refractivity contribution in [3.63, 3.8) is 0 Å². The Morgan fingerprint density at radius 2 is 1.95 bits per heavy atom. The van der Waals surface area contributed by atoms with Crippen molar-refractivity contribution in [2.45, 2.75) is 32.4 Å². The fraction of sp³-hybridized carbons (Fsp3) is 0.625. The molecule has 19 heavy (non-hydrogen) atoms. The van der Waals surface area contributed by atoms with E-state index in [0.29, 0.717) is 0 Å². The van der Waals surface area contributed by atoms with Crippen LogP contribution in [0.3, 0.4) is 0 Å². The first-order chi connectivity index (χ1) is 9.25. The summed E-state index contributed by atoms with van der Waals surface area (Å²) < 4.78 is 0. The molecule has 0 aromatic heterocycles. The first-order valence-corrected chi connectivity index (χ1v) is 7.50. The molecule has 1 fully saturated rings. The lowest BCUT2D eigenvalue weighted by atomic mass is 9.99. The molecular formula is C16H25N3. The minimum atomic E-state index is 0.718. The summed E-state index contributed by atoms with van der Waals surface area (Å²) in [6.45, 7) is 7.98. The lowest BCUT2D eigenvalue weighted by Gasteiger charge is -2.39. The van der Waals surface area contributed by atoms with Gasteiger partial charge in [0.1, 0.15) is 0 Å². The molecule has 0 spiro atoms. The average molecular weight is 259 g/mol. The standard InChI is InChI=1S/C16H25N3/c1-13-4-3-5-14-12-17-8-11-19(16(13)14)15-6-9-18(2)10-7-15/h3-5,15,17H,6-12H2,1-2H3. The van der Waals surface area contributed by atoms with Crippen LogP contribution in [0.15, 0.2) is 18.2 Å². The van der Waals surface area contributed by atoms with Gasteiger partial charge in [-0.2, -0.15) is 0 Å². The van der Waals surface area contributed by atoms with E-state index in [1.54, 1.807) is 0 Å². The molecule has 3 rings (SSSR count). The van der Waals surface area contributed by atoms with Crippen molar-refractivity contribution in [1.29, 1.82) is 0 Å². The number of piperidine rings is 1. The van der Waals surface area contributed by atoms with Crippen LogP contribution >= 0.6 is 0 Å². The fourth-order valence-electron chi connectivity index (χ4n) is 3.48. The van der Waals surface area contributed by atoms with Gasteiger partial charge in [0.2, 0.25) is 0 Å². The zero-order chi connectivity index (χ0) is 13.2. The van der Waals surface area contributed by atoms with Crippen LogP contribution in [0.4, 0.5) is 5.69 Å². The largest absolute Gasteiger partial charge is 0.367 e. The average Bonchev–Trinajstić information content (AvgIpc) is 2.63. The van der Waals surface area contributed by atoms with Crippen LogP contribution in [0.25, 0.3) is 0 Å².